The van der Waals surface area contributed by atoms with Crippen LogP contribution in [0.25, 0.3) is 0 Å². The van der Waals surface area contributed by atoms with Crippen LogP contribution in [0.3, 0.4) is 0 Å². The van der Waals surface area contributed by atoms with E-state index in [-0.39, 0.29) is 30.5 Å². The van der Waals surface area contributed by atoms with Gasteiger partial charge in [0.15, 0.2) is 11.4 Å². The highest BCUT2D eigenvalue weighted by atomic mass is 16.5. The van der Waals surface area contributed by atoms with Crippen LogP contribution < -0.4 is 10.1 Å². The fraction of sp³-hybridized carbons (Fsp3) is 0.308. The molecule has 0 aliphatic rings. The van der Waals surface area contributed by atoms with Gasteiger partial charge in [0.1, 0.15) is 12.3 Å². The molecule has 0 unspecified atom stereocenters. The first-order valence-electron chi connectivity index (χ1n) is 6.41. The first kappa shape index (κ1) is 15.6. The number of ether oxygens (including phenoxy) is 2. The highest BCUT2D eigenvalue weighted by molar-refractivity contribution is 6.07. The van der Waals surface area contributed by atoms with Crippen molar-refractivity contribution < 1.29 is 24.2 Å². The number of aliphatic hydroxyl groups excluding tert-OH is 1. The number of amides is 1. The van der Waals surface area contributed by atoms with Gasteiger partial charge in [0.05, 0.1) is 13.7 Å². The van der Waals surface area contributed by atoms with Crippen LogP contribution >= 0.6 is 0 Å². The number of H-pyrrole nitrogens is 1. The molecule has 0 bridgehead atoms. The highest BCUT2D eigenvalue weighted by Gasteiger charge is 2.25. The third kappa shape index (κ3) is 3.09. The summed E-state index contributed by atoms with van der Waals surface area (Å²) in [6, 6.07) is 3.35. The molecule has 0 saturated heterocycles. The summed E-state index contributed by atoms with van der Waals surface area (Å²) in [6.07, 6.45) is 1.72. The number of aryl methyl sites for hydroxylation is 1. The zero-order valence-corrected chi connectivity index (χ0v) is 12.1. The van der Waals surface area contributed by atoms with E-state index < -0.39 is 11.9 Å². The zero-order valence-electron chi connectivity index (χ0n) is 12.1. The molecule has 0 radical (unpaired) electrons. The molecule has 0 saturated carbocycles. The maximum absolute atomic E-state index is 12.2. The Kier molecular flexibility index (Phi) is 4.79. The van der Waals surface area contributed by atoms with Crippen LogP contribution in [-0.4, -0.2) is 52.1 Å². The van der Waals surface area contributed by atoms with E-state index in [0.717, 1.165) is 0 Å². The van der Waals surface area contributed by atoms with Crippen molar-refractivity contribution in [2.24, 2.45) is 7.05 Å². The number of carbonyl (C=O) groups excluding carboxylic acids is 2. The number of hydrogen-bond donors (Lipinski definition) is 3. The SMILES string of the molecule is COC(=O)c1c(NC(=O)c2cccn2C)n[nH]c1OCCO. The van der Waals surface area contributed by atoms with E-state index in [2.05, 4.69) is 20.3 Å². The number of nitrogens with one attached hydrogen (secondary N) is 2. The summed E-state index contributed by atoms with van der Waals surface area (Å²) in [6.45, 7) is -0.262. The highest BCUT2D eigenvalue weighted by Crippen LogP contribution is 2.24. The van der Waals surface area contributed by atoms with Gasteiger partial charge in [-0.15, -0.1) is 0 Å². The normalized spacial score (nSPS) is 10.3. The second-order valence-electron chi connectivity index (χ2n) is 4.30. The quantitative estimate of drug-likeness (QED) is 0.654. The fourth-order valence-corrected chi connectivity index (χ4v) is 1.83. The monoisotopic (exact) mass is 308 g/mol. The Hall–Kier alpha value is -2.81. The van der Waals surface area contributed by atoms with Crippen molar-refractivity contribution in [3.8, 4) is 5.88 Å². The minimum absolute atomic E-state index is 0.00834. The summed E-state index contributed by atoms with van der Waals surface area (Å²) in [4.78, 5) is 24.0. The number of nitrogens with zero attached hydrogens (tertiary/aromatic N) is 2. The second kappa shape index (κ2) is 6.76. The van der Waals surface area contributed by atoms with E-state index in [1.54, 1.807) is 29.9 Å². The Labute approximate surface area is 125 Å². The van der Waals surface area contributed by atoms with E-state index in [1.807, 2.05) is 0 Å². The molecule has 9 nitrogen and oxygen atoms in total. The number of aliphatic hydroxyl groups is 1. The third-order valence-electron chi connectivity index (χ3n) is 2.87. The molecule has 118 valence electrons. The summed E-state index contributed by atoms with van der Waals surface area (Å²) in [5.41, 5.74) is 0.357. The lowest BCUT2D eigenvalue weighted by molar-refractivity contribution is 0.0596. The maximum atomic E-state index is 12.2. The van der Waals surface area contributed by atoms with Crippen molar-refractivity contribution >= 4 is 17.7 Å². The van der Waals surface area contributed by atoms with Crippen molar-refractivity contribution in [3.63, 3.8) is 0 Å². The average Bonchev–Trinajstić information content (AvgIpc) is 3.10. The number of rotatable bonds is 6. The molecule has 0 atom stereocenters. The number of aromatic nitrogens is 3. The molecule has 9 heteroatoms. The van der Waals surface area contributed by atoms with Gasteiger partial charge in [-0.3, -0.25) is 4.79 Å². The van der Waals surface area contributed by atoms with Crippen LogP contribution in [0.4, 0.5) is 5.82 Å². The summed E-state index contributed by atoms with van der Waals surface area (Å²) < 4.78 is 11.4. The van der Waals surface area contributed by atoms with Crippen LogP contribution in [0.5, 0.6) is 5.88 Å². The predicted octanol–water partition coefficient (Wildman–Crippen LogP) is 0.158. The van der Waals surface area contributed by atoms with Gasteiger partial charge < -0.3 is 24.5 Å². The minimum atomic E-state index is -0.719. The first-order chi connectivity index (χ1) is 10.6. The number of carbonyl (C=O) groups is 2. The predicted molar refractivity (Wildman–Crippen MR) is 75.9 cm³/mol. The standard InChI is InChI=1S/C13H16N4O5/c1-17-5-3-4-8(17)11(19)14-10-9(13(20)21-2)12(16-15-10)22-7-6-18/h3-5,18H,6-7H2,1-2H3,(H2,14,15,16,19). The molecular weight excluding hydrogens is 292 g/mol. The second-order valence-corrected chi connectivity index (χ2v) is 4.30. The molecular formula is C13H16N4O5. The van der Waals surface area contributed by atoms with Crippen LogP contribution in [0.15, 0.2) is 18.3 Å². The van der Waals surface area contributed by atoms with Gasteiger partial charge in [0.25, 0.3) is 5.91 Å². The molecule has 2 rings (SSSR count). The number of aromatic amines is 1. The van der Waals surface area contributed by atoms with Crippen molar-refractivity contribution in [2.45, 2.75) is 0 Å². The zero-order chi connectivity index (χ0) is 16.1. The number of anilines is 1. The van der Waals surface area contributed by atoms with Gasteiger partial charge in [-0.25, -0.2) is 9.89 Å². The van der Waals surface area contributed by atoms with Crippen molar-refractivity contribution in [1.82, 2.24) is 14.8 Å². The Balaban J connectivity index is 2.27. The Bertz CT molecular complexity index is 676. The molecule has 1 amide bonds. The summed E-state index contributed by atoms with van der Waals surface area (Å²) >= 11 is 0. The smallest absolute Gasteiger partial charge is 0.347 e. The lowest BCUT2D eigenvalue weighted by Crippen LogP contribution is -2.18. The number of esters is 1. The van der Waals surface area contributed by atoms with Crippen LogP contribution in [0.1, 0.15) is 20.8 Å². The Morgan fingerprint density at radius 3 is 2.86 bits per heavy atom. The van der Waals surface area contributed by atoms with E-state index in [9.17, 15) is 9.59 Å². The molecule has 0 aromatic carbocycles. The van der Waals surface area contributed by atoms with E-state index in [0.29, 0.717) is 5.69 Å². The molecule has 0 spiro atoms. The summed E-state index contributed by atoms with van der Waals surface area (Å²) in [7, 11) is 2.92. The van der Waals surface area contributed by atoms with Gasteiger partial charge in [0, 0.05) is 13.2 Å². The molecule has 2 aromatic heterocycles. The Morgan fingerprint density at radius 1 is 1.50 bits per heavy atom. The van der Waals surface area contributed by atoms with Gasteiger partial charge in [-0.2, -0.15) is 5.10 Å². The molecule has 0 aliphatic carbocycles. The van der Waals surface area contributed by atoms with E-state index in [1.165, 1.54) is 7.11 Å². The third-order valence-corrected chi connectivity index (χ3v) is 2.87. The Morgan fingerprint density at radius 2 is 2.27 bits per heavy atom. The lowest BCUT2D eigenvalue weighted by Gasteiger charge is -2.06. The largest absolute Gasteiger partial charge is 0.475 e. The van der Waals surface area contributed by atoms with Crippen molar-refractivity contribution in [1.29, 1.82) is 0 Å². The lowest BCUT2D eigenvalue weighted by atomic mass is 10.3. The van der Waals surface area contributed by atoms with Crippen molar-refractivity contribution in [3.05, 3.63) is 29.6 Å². The van der Waals surface area contributed by atoms with Crippen LogP contribution in [0, 0.1) is 0 Å². The van der Waals surface area contributed by atoms with Gasteiger partial charge in [-0.05, 0) is 12.1 Å². The molecule has 0 fully saturated rings. The topological polar surface area (TPSA) is 118 Å². The summed E-state index contributed by atoms with van der Waals surface area (Å²) in [5.74, 6) is -1.14. The van der Waals surface area contributed by atoms with E-state index in [4.69, 9.17) is 9.84 Å². The minimum Gasteiger partial charge on any atom is -0.475 e. The molecule has 0 aliphatic heterocycles. The molecule has 2 aromatic rings. The van der Waals surface area contributed by atoms with Gasteiger partial charge in [0.2, 0.25) is 5.88 Å². The maximum Gasteiger partial charge on any atom is 0.347 e. The molecule has 2 heterocycles. The van der Waals surface area contributed by atoms with Crippen LogP contribution in [0.2, 0.25) is 0 Å². The fourth-order valence-electron chi connectivity index (χ4n) is 1.83. The van der Waals surface area contributed by atoms with Gasteiger partial charge in [-0.1, -0.05) is 0 Å². The van der Waals surface area contributed by atoms with E-state index >= 15 is 0 Å². The average molecular weight is 308 g/mol. The van der Waals surface area contributed by atoms with Crippen LogP contribution in [-0.2, 0) is 11.8 Å². The number of methoxy groups -OCH3 is 1. The number of hydrogen-bond acceptors (Lipinski definition) is 6. The van der Waals surface area contributed by atoms with Gasteiger partial charge >= 0.3 is 5.97 Å². The first-order valence-corrected chi connectivity index (χ1v) is 6.41. The summed E-state index contributed by atoms with van der Waals surface area (Å²) in [5, 5.41) is 17.6. The van der Waals surface area contributed by atoms with Crippen molar-refractivity contribution in [2.75, 3.05) is 25.6 Å². The molecule has 22 heavy (non-hydrogen) atoms. The molecule has 3 N–H and O–H groups in total.